The van der Waals surface area contributed by atoms with Crippen molar-refractivity contribution in [2.24, 2.45) is 0 Å². The molecule has 0 fully saturated rings. The first-order chi connectivity index (χ1) is 16.9. The maximum Gasteiger partial charge on any atom is 0.434 e. The van der Waals surface area contributed by atoms with Crippen LogP contribution in [0, 0.1) is 6.57 Å². The predicted octanol–water partition coefficient (Wildman–Crippen LogP) is 3.61. The van der Waals surface area contributed by atoms with Crippen LogP contribution in [0.4, 0.5) is 24.5 Å². The molecule has 35 heavy (non-hydrogen) atoms. The molecule has 0 radical (unpaired) electrons. The summed E-state index contributed by atoms with van der Waals surface area (Å²) in [6.07, 6.45) is 2.63. The Hall–Kier alpha value is -5.19. The second-order valence-electron chi connectivity index (χ2n) is 6.97. The summed E-state index contributed by atoms with van der Waals surface area (Å²) in [5, 5.41) is 14.3. The number of carbonyl (C=O) groups excluding carboxylic acids is 1. The van der Waals surface area contributed by atoms with Crippen molar-refractivity contribution >= 4 is 28.2 Å². The monoisotopic (exact) mass is 476 g/mol. The molecule has 0 spiro atoms. The maximum absolute atomic E-state index is 14.1. The second-order valence-corrected chi connectivity index (χ2v) is 6.97. The quantitative estimate of drug-likeness (QED) is 0.394. The fourth-order valence-corrected chi connectivity index (χ4v) is 3.38. The van der Waals surface area contributed by atoms with Crippen molar-refractivity contribution in [3.63, 3.8) is 0 Å². The molecule has 0 aliphatic heterocycles. The van der Waals surface area contributed by atoms with Crippen LogP contribution in [0.5, 0.6) is 0 Å². The molecule has 5 aromatic rings. The summed E-state index contributed by atoms with van der Waals surface area (Å²) in [5.74, 6) is -1.12. The molecule has 11 nitrogen and oxygen atoms in total. The highest BCUT2D eigenvalue weighted by Gasteiger charge is 2.41. The predicted molar refractivity (Wildman–Crippen MR) is 115 cm³/mol. The normalized spacial score (nSPS) is 11.4. The van der Waals surface area contributed by atoms with Crippen molar-refractivity contribution < 1.29 is 18.0 Å². The molecule has 1 N–H and O–H groups in total. The Morgan fingerprint density at radius 1 is 0.971 bits per heavy atom. The summed E-state index contributed by atoms with van der Waals surface area (Å²) in [5.41, 5.74) is -1.64. The van der Waals surface area contributed by atoms with Gasteiger partial charge in [-0.05, 0) is 24.3 Å². The number of hydrogen-bond donors (Lipinski definition) is 1. The molecule has 0 bridgehead atoms. The SMILES string of the molecule is [C-]#[N+]c1cc(NC(=O)c2cnn(-c3nccc4ncccc34)c2C(F)(F)F)cnc1-n1nccn1. The van der Waals surface area contributed by atoms with Crippen LogP contribution < -0.4 is 5.32 Å². The number of alkyl halides is 3. The van der Waals surface area contributed by atoms with Gasteiger partial charge >= 0.3 is 6.18 Å². The lowest BCUT2D eigenvalue weighted by Gasteiger charge is -2.13. The van der Waals surface area contributed by atoms with E-state index in [1.165, 1.54) is 37.1 Å². The van der Waals surface area contributed by atoms with Crippen molar-refractivity contribution in [3.05, 3.63) is 84.1 Å². The minimum Gasteiger partial charge on any atom is -0.322 e. The van der Waals surface area contributed by atoms with Crippen LogP contribution in [0.3, 0.4) is 0 Å². The van der Waals surface area contributed by atoms with Gasteiger partial charge in [0.15, 0.2) is 17.3 Å². The van der Waals surface area contributed by atoms with Crippen LogP contribution in [-0.4, -0.2) is 45.6 Å². The molecule has 0 unspecified atom stereocenters. The molecule has 14 heteroatoms. The van der Waals surface area contributed by atoms with Gasteiger partial charge in [0.25, 0.3) is 5.91 Å². The van der Waals surface area contributed by atoms with E-state index >= 15 is 0 Å². The van der Waals surface area contributed by atoms with E-state index in [2.05, 4.69) is 40.4 Å². The highest BCUT2D eigenvalue weighted by molar-refractivity contribution is 6.05. The Bertz CT molecular complexity index is 1600. The molecular weight excluding hydrogens is 465 g/mol. The van der Waals surface area contributed by atoms with Crippen molar-refractivity contribution in [2.75, 3.05) is 5.32 Å². The third kappa shape index (κ3) is 3.91. The molecule has 0 aliphatic rings. The van der Waals surface area contributed by atoms with Gasteiger partial charge in [0.05, 0.1) is 42.4 Å². The third-order valence-electron chi connectivity index (χ3n) is 4.83. The lowest BCUT2D eigenvalue weighted by Crippen LogP contribution is -2.21. The molecular formula is C21H11F3N10O. The molecule has 0 atom stereocenters. The molecule has 5 aromatic heterocycles. The number of carbonyl (C=O) groups is 1. The zero-order chi connectivity index (χ0) is 24.6. The topological polar surface area (TPSA) is 121 Å². The maximum atomic E-state index is 14.1. The van der Waals surface area contributed by atoms with Gasteiger partial charge in [0.1, 0.15) is 0 Å². The number of anilines is 1. The fraction of sp³-hybridized carbons (Fsp3) is 0.0476. The van der Waals surface area contributed by atoms with E-state index in [4.69, 9.17) is 6.57 Å². The van der Waals surface area contributed by atoms with E-state index in [1.54, 1.807) is 18.2 Å². The highest BCUT2D eigenvalue weighted by Crippen LogP contribution is 2.35. The average Bonchev–Trinajstić information content (AvgIpc) is 3.54. The van der Waals surface area contributed by atoms with Gasteiger partial charge in [-0.1, -0.05) is 0 Å². The number of amides is 1. The smallest absolute Gasteiger partial charge is 0.322 e. The zero-order valence-corrected chi connectivity index (χ0v) is 17.3. The summed E-state index contributed by atoms with van der Waals surface area (Å²) in [4.78, 5) is 29.5. The van der Waals surface area contributed by atoms with Crippen molar-refractivity contribution in [1.82, 2.24) is 39.7 Å². The summed E-state index contributed by atoms with van der Waals surface area (Å²) in [6.45, 7) is 7.34. The minimum absolute atomic E-state index is 0.00488. The van der Waals surface area contributed by atoms with Gasteiger partial charge in [-0.3, -0.25) is 9.78 Å². The van der Waals surface area contributed by atoms with Gasteiger partial charge in [-0.25, -0.2) is 19.5 Å². The Kier molecular flexibility index (Phi) is 5.13. The van der Waals surface area contributed by atoms with Crippen LogP contribution >= 0.6 is 0 Å². The van der Waals surface area contributed by atoms with Gasteiger partial charge in [0, 0.05) is 23.5 Å². The van der Waals surface area contributed by atoms with Crippen LogP contribution in [0.2, 0.25) is 0 Å². The van der Waals surface area contributed by atoms with Crippen LogP contribution in [0.25, 0.3) is 27.4 Å². The summed E-state index contributed by atoms with van der Waals surface area (Å²) < 4.78 is 42.9. The van der Waals surface area contributed by atoms with Crippen LogP contribution in [0.15, 0.2) is 61.4 Å². The van der Waals surface area contributed by atoms with E-state index in [0.29, 0.717) is 15.6 Å². The Labute approximate surface area is 193 Å². The largest absolute Gasteiger partial charge is 0.434 e. The minimum atomic E-state index is -4.94. The van der Waals surface area contributed by atoms with E-state index in [1.807, 2.05) is 0 Å². The lowest BCUT2D eigenvalue weighted by atomic mass is 10.2. The summed E-state index contributed by atoms with van der Waals surface area (Å²) in [6, 6.07) is 5.92. The lowest BCUT2D eigenvalue weighted by molar-refractivity contribution is -0.143. The van der Waals surface area contributed by atoms with Crippen molar-refractivity contribution in [2.45, 2.75) is 6.18 Å². The van der Waals surface area contributed by atoms with Crippen LogP contribution in [0.1, 0.15) is 16.1 Å². The Morgan fingerprint density at radius 3 is 2.51 bits per heavy atom. The first kappa shape index (κ1) is 21.6. The molecule has 1 amide bonds. The molecule has 5 rings (SSSR count). The first-order valence-electron chi connectivity index (χ1n) is 9.77. The van der Waals surface area contributed by atoms with E-state index < -0.39 is 23.3 Å². The number of hydrogen-bond acceptors (Lipinski definition) is 7. The van der Waals surface area contributed by atoms with Crippen LogP contribution in [-0.2, 0) is 6.18 Å². The Balaban J connectivity index is 1.54. The number of fused-ring (bicyclic) bond motifs is 1. The van der Waals surface area contributed by atoms with Gasteiger partial charge in [-0.2, -0.15) is 28.5 Å². The van der Waals surface area contributed by atoms with Gasteiger partial charge in [-0.15, -0.1) is 4.80 Å². The standard InChI is InChI=1S/C21H11F3N10O/c1-25-16-9-12(10-28-19(16)34-29-7-8-30-34)32-20(35)14-11-31-33(17(14)21(22,23)24)18-13-3-2-5-26-15(13)4-6-27-18/h2-11H,(H,32,35). The zero-order valence-electron chi connectivity index (χ0n) is 17.3. The number of rotatable bonds is 4. The molecule has 0 aromatic carbocycles. The molecule has 5 heterocycles. The number of pyridine rings is 3. The van der Waals surface area contributed by atoms with E-state index in [-0.39, 0.29) is 23.0 Å². The summed E-state index contributed by atoms with van der Waals surface area (Å²) in [7, 11) is 0. The average molecular weight is 476 g/mol. The molecule has 0 aliphatic carbocycles. The Morgan fingerprint density at radius 2 is 1.77 bits per heavy atom. The first-order valence-corrected chi connectivity index (χ1v) is 9.77. The molecule has 0 saturated carbocycles. The summed E-state index contributed by atoms with van der Waals surface area (Å²) >= 11 is 0. The number of halogens is 3. The number of nitrogens with zero attached hydrogens (tertiary/aromatic N) is 9. The van der Waals surface area contributed by atoms with E-state index in [0.717, 1.165) is 11.0 Å². The van der Waals surface area contributed by atoms with Crippen molar-refractivity contribution in [1.29, 1.82) is 0 Å². The number of nitrogens with one attached hydrogen (secondary N) is 1. The molecule has 0 saturated heterocycles. The third-order valence-corrected chi connectivity index (χ3v) is 4.83. The molecule has 172 valence electrons. The van der Waals surface area contributed by atoms with Gasteiger partial charge in [0.2, 0.25) is 5.69 Å². The van der Waals surface area contributed by atoms with E-state index in [9.17, 15) is 18.0 Å². The van der Waals surface area contributed by atoms with Crippen molar-refractivity contribution in [3.8, 4) is 11.6 Å². The second kappa shape index (κ2) is 8.30. The highest BCUT2D eigenvalue weighted by atomic mass is 19.4. The van der Waals surface area contributed by atoms with Gasteiger partial charge < -0.3 is 5.32 Å². The number of aromatic nitrogens is 8. The fourth-order valence-electron chi connectivity index (χ4n) is 3.38.